The standard InChI is InChI=1S/C13H17IN4O2/c1-3-5-20-12-10(14)6-9(7-11(12)19-4-2)8-17-18-13(15)16/h3,6-8H,1,4-5H2,2H3,(H4,15,16,18). The molecule has 0 aromatic heterocycles. The molecule has 1 aromatic carbocycles. The summed E-state index contributed by atoms with van der Waals surface area (Å²) in [5.41, 5.74) is 11.2. The van der Waals surface area contributed by atoms with Crippen LogP contribution < -0.4 is 20.9 Å². The maximum Gasteiger partial charge on any atom is 0.211 e. The minimum Gasteiger partial charge on any atom is -0.490 e. The van der Waals surface area contributed by atoms with Crippen molar-refractivity contribution in [2.24, 2.45) is 21.7 Å². The fourth-order valence-electron chi connectivity index (χ4n) is 1.37. The molecule has 0 amide bonds. The van der Waals surface area contributed by atoms with Crippen molar-refractivity contribution in [3.8, 4) is 11.5 Å². The fourth-order valence-corrected chi connectivity index (χ4v) is 2.15. The van der Waals surface area contributed by atoms with Gasteiger partial charge in [0.05, 0.1) is 16.4 Å². The largest absolute Gasteiger partial charge is 0.490 e. The van der Waals surface area contributed by atoms with Crippen molar-refractivity contribution in [1.82, 2.24) is 0 Å². The van der Waals surface area contributed by atoms with Gasteiger partial charge in [0.1, 0.15) is 6.61 Å². The highest BCUT2D eigenvalue weighted by atomic mass is 127. The first kappa shape index (κ1) is 16.3. The number of guanidine groups is 1. The summed E-state index contributed by atoms with van der Waals surface area (Å²) < 4.78 is 12.1. The fraction of sp³-hybridized carbons (Fsp3) is 0.231. The maximum atomic E-state index is 5.60. The SMILES string of the molecule is C=CCOc1c(I)cc(C=NN=C(N)N)cc1OCC. The van der Waals surface area contributed by atoms with Gasteiger partial charge in [-0.15, -0.1) is 5.10 Å². The van der Waals surface area contributed by atoms with Crippen molar-refractivity contribution >= 4 is 34.8 Å². The van der Waals surface area contributed by atoms with Crippen molar-refractivity contribution in [3.63, 3.8) is 0 Å². The van der Waals surface area contributed by atoms with Gasteiger partial charge in [0.25, 0.3) is 0 Å². The minimum atomic E-state index is -0.0908. The van der Waals surface area contributed by atoms with Gasteiger partial charge in [-0.25, -0.2) is 0 Å². The molecule has 0 heterocycles. The van der Waals surface area contributed by atoms with Crippen LogP contribution >= 0.6 is 22.6 Å². The van der Waals surface area contributed by atoms with Gasteiger partial charge in [-0.05, 0) is 47.2 Å². The molecule has 0 unspecified atom stereocenters. The van der Waals surface area contributed by atoms with Crippen LogP contribution in [-0.2, 0) is 0 Å². The number of halogens is 1. The highest BCUT2D eigenvalue weighted by Crippen LogP contribution is 2.33. The van der Waals surface area contributed by atoms with E-state index in [0.29, 0.717) is 24.7 Å². The summed E-state index contributed by atoms with van der Waals surface area (Å²) in [4.78, 5) is 0. The normalized spacial score (nSPS) is 10.3. The molecule has 0 saturated heterocycles. The molecular weight excluding hydrogens is 371 g/mol. The first-order valence-corrected chi connectivity index (χ1v) is 6.98. The van der Waals surface area contributed by atoms with E-state index in [0.717, 1.165) is 9.13 Å². The van der Waals surface area contributed by atoms with Crippen molar-refractivity contribution in [2.75, 3.05) is 13.2 Å². The molecule has 6 nitrogen and oxygen atoms in total. The Labute approximate surface area is 131 Å². The maximum absolute atomic E-state index is 5.60. The van der Waals surface area contributed by atoms with Crippen molar-refractivity contribution < 1.29 is 9.47 Å². The Hall–Kier alpha value is -1.77. The van der Waals surface area contributed by atoms with Crippen LogP contribution in [0.15, 0.2) is 35.0 Å². The van der Waals surface area contributed by atoms with Crippen molar-refractivity contribution in [1.29, 1.82) is 0 Å². The van der Waals surface area contributed by atoms with Crippen LogP contribution in [0.5, 0.6) is 11.5 Å². The Bertz CT molecular complexity index is 525. The molecule has 7 heteroatoms. The number of rotatable bonds is 7. The van der Waals surface area contributed by atoms with Crippen LogP contribution in [0.1, 0.15) is 12.5 Å². The number of nitrogens with zero attached hydrogens (tertiary/aromatic N) is 2. The Balaban J connectivity index is 3.08. The van der Waals surface area contributed by atoms with E-state index in [2.05, 4.69) is 39.4 Å². The summed E-state index contributed by atoms with van der Waals surface area (Å²) in [6.45, 7) is 6.49. The highest BCUT2D eigenvalue weighted by Gasteiger charge is 2.11. The monoisotopic (exact) mass is 388 g/mol. The van der Waals surface area contributed by atoms with Crippen LogP contribution in [0, 0.1) is 3.57 Å². The van der Waals surface area contributed by atoms with Crippen molar-refractivity contribution in [3.05, 3.63) is 33.9 Å². The number of hydrogen-bond donors (Lipinski definition) is 2. The van der Waals surface area contributed by atoms with Gasteiger partial charge in [-0.2, -0.15) is 5.10 Å². The Morgan fingerprint density at radius 2 is 2.15 bits per heavy atom. The topological polar surface area (TPSA) is 95.2 Å². The molecule has 0 radical (unpaired) electrons. The summed E-state index contributed by atoms with van der Waals surface area (Å²) >= 11 is 2.17. The van der Waals surface area contributed by atoms with Crippen LogP contribution in [0.2, 0.25) is 0 Å². The molecule has 0 atom stereocenters. The van der Waals surface area contributed by atoms with Gasteiger partial charge in [-0.3, -0.25) is 0 Å². The molecule has 0 saturated carbocycles. The lowest BCUT2D eigenvalue weighted by molar-refractivity contribution is 0.295. The third kappa shape index (κ3) is 5.08. The lowest BCUT2D eigenvalue weighted by atomic mass is 10.2. The van der Waals surface area contributed by atoms with E-state index in [1.165, 1.54) is 0 Å². The van der Waals surface area contributed by atoms with Gasteiger partial charge in [-0.1, -0.05) is 12.7 Å². The number of ether oxygens (including phenoxy) is 2. The van der Waals surface area contributed by atoms with Crippen molar-refractivity contribution in [2.45, 2.75) is 6.92 Å². The molecule has 0 aliphatic carbocycles. The van der Waals surface area contributed by atoms with E-state index in [1.807, 2.05) is 19.1 Å². The van der Waals surface area contributed by atoms with Gasteiger partial charge >= 0.3 is 0 Å². The predicted molar refractivity (Wildman–Crippen MR) is 89.4 cm³/mol. The molecule has 0 aliphatic heterocycles. The number of nitrogens with two attached hydrogens (primary N) is 2. The van der Waals surface area contributed by atoms with Gasteiger partial charge in [0.15, 0.2) is 11.5 Å². The minimum absolute atomic E-state index is 0.0908. The molecule has 0 fully saturated rings. The second-order valence-electron chi connectivity index (χ2n) is 3.63. The summed E-state index contributed by atoms with van der Waals surface area (Å²) in [5.74, 6) is 1.24. The molecule has 0 bridgehead atoms. The van der Waals surface area contributed by atoms with E-state index >= 15 is 0 Å². The summed E-state index contributed by atoms with van der Waals surface area (Å²) in [5, 5.41) is 7.32. The van der Waals surface area contributed by atoms with Crippen LogP contribution in [-0.4, -0.2) is 25.4 Å². The Kier molecular flexibility index (Phi) is 6.85. The van der Waals surface area contributed by atoms with Gasteiger partial charge in [0.2, 0.25) is 5.96 Å². The van der Waals surface area contributed by atoms with E-state index in [4.69, 9.17) is 20.9 Å². The zero-order valence-electron chi connectivity index (χ0n) is 11.2. The summed E-state index contributed by atoms with van der Waals surface area (Å²) in [7, 11) is 0. The Morgan fingerprint density at radius 3 is 2.75 bits per heavy atom. The first-order chi connectivity index (χ1) is 9.58. The molecule has 20 heavy (non-hydrogen) atoms. The molecule has 0 aliphatic rings. The Morgan fingerprint density at radius 1 is 1.40 bits per heavy atom. The third-order valence-corrected chi connectivity index (χ3v) is 2.86. The lowest BCUT2D eigenvalue weighted by Crippen LogP contribution is -2.21. The van der Waals surface area contributed by atoms with Gasteiger partial charge in [0, 0.05) is 0 Å². The second-order valence-corrected chi connectivity index (χ2v) is 4.79. The van der Waals surface area contributed by atoms with Crippen LogP contribution in [0.4, 0.5) is 0 Å². The molecule has 1 rings (SSSR count). The van der Waals surface area contributed by atoms with Crippen LogP contribution in [0.25, 0.3) is 0 Å². The van der Waals surface area contributed by atoms with E-state index < -0.39 is 0 Å². The lowest BCUT2D eigenvalue weighted by Gasteiger charge is -2.13. The van der Waals surface area contributed by atoms with E-state index in [-0.39, 0.29) is 5.96 Å². The first-order valence-electron chi connectivity index (χ1n) is 5.90. The zero-order chi connectivity index (χ0) is 15.0. The van der Waals surface area contributed by atoms with Crippen LogP contribution in [0.3, 0.4) is 0 Å². The van der Waals surface area contributed by atoms with E-state index in [1.54, 1.807) is 12.3 Å². The average Bonchev–Trinajstić information content (AvgIpc) is 2.38. The molecular formula is C13H17IN4O2. The van der Waals surface area contributed by atoms with Gasteiger partial charge < -0.3 is 20.9 Å². The number of benzene rings is 1. The number of hydrogen-bond acceptors (Lipinski definition) is 4. The molecule has 1 aromatic rings. The average molecular weight is 388 g/mol. The smallest absolute Gasteiger partial charge is 0.211 e. The summed E-state index contributed by atoms with van der Waals surface area (Å²) in [6.07, 6.45) is 3.22. The summed E-state index contributed by atoms with van der Waals surface area (Å²) in [6, 6.07) is 3.71. The highest BCUT2D eigenvalue weighted by molar-refractivity contribution is 14.1. The molecule has 0 spiro atoms. The zero-order valence-corrected chi connectivity index (χ0v) is 13.3. The van der Waals surface area contributed by atoms with E-state index in [9.17, 15) is 0 Å². The molecule has 4 N–H and O–H groups in total. The quantitative estimate of drug-likeness (QED) is 0.245. The third-order valence-electron chi connectivity index (χ3n) is 2.06. The molecule has 108 valence electrons. The predicted octanol–water partition coefficient (Wildman–Crippen LogP) is 1.86. The second kappa shape index (κ2) is 8.41.